The third-order valence-corrected chi connectivity index (χ3v) is 3.34. The molecule has 1 unspecified atom stereocenters. The van der Waals surface area contributed by atoms with Crippen LogP contribution in [0.2, 0.25) is 5.02 Å². The van der Waals surface area contributed by atoms with Crippen LogP contribution in [0.1, 0.15) is 22.0 Å². The molecule has 0 spiro atoms. The molecule has 2 amide bonds. The van der Waals surface area contributed by atoms with Crippen molar-refractivity contribution in [1.29, 1.82) is 5.26 Å². The number of benzene rings is 2. The summed E-state index contributed by atoms with van der Waals surface area (Å²) in [5.74, 6) is -0.795. The highest BCUT2D eigenvalue weighted by atomic mass is 35.5. The highest BCUT2D eigenvalue weighted by Crippen LogP contribution is 2.15. The summed E-state index contributed by atoms with van der Waals surface area (Å²) in [7, 11) is 0. The predicted molar refractivity (Wildman–Crippen MR) is 86.7 cm³/mol. The first-order chi connectivity index (χ1) is 11.1. The van der Waals surface area contributed by atoms with Crippen LogP contribution in [0.4, 0.5) is 0 Å². The van der Waals surface area contributed by atoms with Crippen LogP contribution >= 0.6 is 11.6 Å². The first-order valence-electron chi connectivity index (χ1n) is 6.88. The molecule has 1 atom stereocenters. The van der Waals surface area contributed by atoms with E-state index in [1.165, 1.54) is 0 Å². The van der Waals surface area contributed by atoms with E-state index in [4.69, 9.17) is 16.9 Å². The lowest BCUT2D eigenvalue weighted by Gasteiger charge is -2.12. The van der Waals surface area contributed by atoms with Gasteiger partial charge in [0.15, 0.2) is 0 Å². The maximum atomic E-state index is 11.9. The Bertz CT molecular complexity index is 724. The summed E-state index contributed by atoms with van der Waals surface area (Å²) in [5, 5.41) is 14.8. The molecule has 2 aromatic rings. The molecule has 0 saturated heterocycles. The van der Waals surface area contributed by atoms with Gasteiger partial charge >= 0.3 is 0 Å². The molecule has 2 aromatic carbocycles. The summed E-state index contributed by atoms with van der Waals surface area (Å²) in [6.07, 6.45) is 0. The van der Waals surface area contributed by atoms with E-state index in [9.17, 15) is 9.59 Å². The molecule has 2 rings (SSSR count). The van der Waals surface area contributed by atoms with Crippen LogP contribution in [0.15, 0.2) is 54.6 Å². The van der Waals surface area contributed by atoms with Gasteiger partial charge in [0.25, 0.3) is 5.91 Å². The number of halogens is 1. The smallest absolute Gasteiger partial charge is 0.251 e. The number of nitriles is 1. The minimum absolute atomic E-state index is 0.209. The van der Waals surface area contributed by atoms with Gasteiger partial charge in [-0.3, -0.25) is 9.59 Å². The molecule has 0 radical (unpaired) electrons. The number of rotatable bonds is 5. The van der Waals surface area contributed by atoms with Crippen LogP contribution in [-0.2, 0) is 4.79 Å². The molecule has 0 heterocycles. The van der Waals surface area contributed by atoms with Crippen molar-refractivity contribution in [3.05, 3.63) is 70.7 Å². The summed E-state index contributed by atoms with van der Waals surface area (Å²) in [6, 6.07) is 16.4. The van der Waals surface area contributed by atoms with Crippen LogP contribution in [-0.4, -0.2) is 18.4 Å². The normalized spacial score (nSPS) is 11.1. The standard InChI is InChI=1S/C17H14ClN3O2/c18-14-8-6-12(7-9-14)15(10-19)21-16(22)11-20-17(23)13-4-2-1-3-5-13/h1-9,15H,11H2,(H,20,23)(H,21,22). The van der Waals surface area contributed by atoms with Crippen molar-refractivity contribution in [2.45, 2.75) is 6.04 Å². The Morgan fingerprint density at radius 1 is 1.09 bits per heavy atom. The van der Waals surface area contributed by atoms with Crippen molar-refractivity contribution in [1.82, 2.24) is 10.6 Å². The van der Waals surface area contributed by atoms with E-state index >= 15 is 0 Å². The molecule has 2 N–H and O–H groups in total. The summed E-state index contributed by atoms with van der Waals surface area (Å²) < 4.78 is 0. The minimum Gasteiger partial charge on any atom is -0.343 e. The second-order valence-corrected chi connectivity index (χ2v) is 5.17. The number of carbonyl (C=O) groups is 2. The molecule has 23 heavy (non-hydrogen) atoms. The fourth-order valence-corrected chi connectivity index (χ4v) is 2.04. The third kappa shape index (κ3) is 4.83. The lowest BCUT2D eigenvalue weighted by Crippen LogP contribution is -2.38. The summed E-state index contributed by atoms with van der Waals surface area (Å²) in [5.41, 5.74) is 1.09. The lowest BCUT2D eigenvalue weighted by atomic mass is 10.1. The fourth-order valence-electron chi connectivity index (χ4n) is 1.91. The zero-order chi connectivity index (χ0) is 16.7. The van der Waals surface area contributed by atoms with E-state index in [1.807, 2.05) is 6.07 Å². The quantitative estimate of drug-likeness (QED) is 0.885. The number of nitrogens with one attached hydrogen (secondary N) is 2. The van der Waals surface area contributed by atoms with Gasteiger partial charge < -0.3 is 10.6 Å². The largest absolute Gasteiger partial charge is 0.343 e. The number of nitrogens with zero attached hydrogens (tertiary/aromatic N) is 1. The van der Waals surface area contributed by atoms with E-state index in [-0.39, 0.29) is 12.5 Å². The maximum Gasteiger partial charge on any atom is 0.251 e. The van der Waals surface area contributed by atoms with Crippen molar-refractivity contribution in [3.8, 4) is 6.07 Å². The van der Waals surface area contributed by atoms with Crippen molar-refractivity contribution in [2.24, 2.45) is 0 Å². The molecule has 5 nitrogen and oxygen atoms in total. The Kier molecular flexibility index (Phi) is 5.73. The van der Waals surface area contributed by atoms with E-state index in [2.05, 4.69) is 10.6 Å². The lowest BCUT2D eigenvalue weighted by molar-refractivity contribution is -0.120. The number of amides is 2. The van der Waals surface area contributed by atoms with E-state index in [0.717, 1.165) is 0 Å². The summed E-state index contributed by atoms with van der Waals surface area (Å²) >= 11 is 5.79. The molecule has 0 aromatic heterocycles. The third-order valence-electron chi connectivity index (χ3n) is 3.08. The van der Waals surface area contributed by atoms with Crippen LogP contribution in [0, 0.1) is 11.3 Å². The van der Waals surface area contributed by atoms with E-state index < -0.39 is 11.9 Å². The second kappa shape index (κ2) is 7.97. The molecular weight excluding hydrogens is 314 g/mol. The van der Waals surface area contributed by atoms with Crippen molar-refractivity contribution >= 4 is 23.4 Å². The maximum absolute atomic E-state index is 11.9. The zero-order valence-electron chi connectivity index (χ0n) is 12.1. The summed E-state index contributed by atoms with van der Waals surface area (Å²) in [4.78, 5) is 23.7. The van der Waals surface area contributed by atoms with E-state index in [1.54, 1.807) is 54.6 Å². The monoisotopic (exact) mass is 327 g/mol. The molecule has 0 saturated carbocycles. The van der Waals surface area contributed by atoms with Gasteiger partial charge in [0.2, 0.25) is 5.91 Å². The second-order valence-electron chi connectivity index (χ2n) is 4.73. The van der Waals surface area contributed by atoms with Gasteiger partial charge in [-0.25, -0.2) is 0 Å². The Labute approximate surface area is 138 Å². The fraction of sp³-hybridized carbons (Fsp3) is 0.118. The molecule has 0 bridgehead atoms. The van der Waals surface area contributed by atoms with Crippen molar-refractivity contribution < 1.29 is 9.59 Å². The molecule has 6 heteroatoms. The minimum atomic E-state index is -0.798. The Morgan fingerprint density at radius 2 is 1.74 bits per heavy atom. The van der Waals surface area contributed by atoms with Gasteiger partial charge in [-0.1, -0.05) is 41.9 Å². The zero-order valence-corrected chi connectivity index (χ0v) is 12.9. The molecular formula is C17H14ClN3O2. The van der Waals surface area contributed by atoms with Gasteiger partial charge in [-0.15, -0.1) is 0 Å². The first-order valence-corrected chi connectivity index (χ1v) is 7.25. The summed E-state index contributed by atoms with van der Waals surface area (Å²) in [6.45, 7) is -0.209. The SMILES string of the molecule is N#CC(NC(=O)CNC(=O)c1ccccc1)c1ccc(Cl)cc1. The Morgan fingerprint density at radius 3 is 2.35 bits per heavy atom. The first kappa shape index (κ1) is 16.5. The highest BCUT2D eigenvalue weighted by molar-refractivity contribution is 6.30. The van der Waals surface area contributed by atoms with Crippen molar-refractivity contribution in [3.63, 3.8) is 0 Å². The van der Waals surface area contributed by atoms with Gasteiger partial charge in [0.05, 0.1) is 12.6 Å². The van der Waals surface area contributed by atoms with Gasteiger partial charge in [0.1, 0.15) is 6.04 Å². The average molecular weight is 328 g/mol. The molecule has 0 aliphatic rings. The Balaban J connectivity index is 1.89. The van der Waals surface area contributed by atoms with Gasteiger partial charge in [0, 0.05) is 10.6 Å². The molecule has 0 aliphatic heterocycles. The number of carbonyl (C=O) groups excluding carboxylic acids is 2. The van der Waals surface area contributed by atoms with Crippen LogP contribution in [0.5, 0.6) is 0 Å². The van der Waals surface area contributed by atoms with Crippen LogP contribution in [0.3, 0.4) is 0 Å². The molecule has 0 fully saturated rings. The average Bonchev–Trinajstić information content (AvgIpc) is 2.59. The predicted octanol–water partition coefficient (Wildman–Crippen LogP) is 2.45. The van der Waals surface area contributed by atoms with Crippen LogP contribution < -0.4 is 10.6 Å². The van der Waals surface area contributed by atoms with Crippen LogP contribution in [0.25, 0.3) is 0 Å². The van der Waals surface area contributed by atoms with E-state index in [0.29, 0.717) is 16.1 Å². The van der Waals surface area contributed by atoms with Crippen molar-refractivity contribution in [2.75, 3.05) is 6.54 Å². The van der Waals surface area contributed by atoms with Gasteiger partial charge in [-0.2, -0.15) is 5.26 Å². The number of hydrogen-bond donors (Lipinski definition) is 2. The molecule has 0 aliphatic carbocycles. The van der Waals surface area contributed by atoms with Gasteiger partial charge in [-0.05, 0) is 29.8 Å². The number of hydrogen-bond acceptors (Lipinski definition) is 3. The topological polar surface area (TPSA) is 82.0 Å². The highest BCUT2D eigenvalue weighted by Gasteiger charge is 2.14. The molecule has 116 valence electrons. The Hall–Kier alpha value is -2.84.